The molecule has 148 valence electrons. The largest absolute Gasteiger partial charge is 0.497 e. The first-order valence-corrected chi connectivity index (χ1v) is 10.8. The van der Waals surface area contributed by atoms with Crippen molar-refractivity contribution < 1.29 is 4.74 Å². The van der Waals surface area contributed by atoms with E-state index in [2.05, 4.69) is 4.98 Å². The Bertz CT molecular complexity index is 1120. The Morgan fingerprint density at radius 3 is 2.48 bits per heavy atom. The maximum absolute atomic E-state index is 6.33. The van der Waals surface area contributed by atoms with Gasteiger partial charge in [-0.3, -0.25) is 4.68 Å². The van der Waals surface area contributed by atoms with Crippen LogP contribution in [0.25, 0.3) is 16.9 Å². The van der Waals surface area contributed by atoms with Crippen LogP contribution >= 0.6 is 35.0 Å². The molecule has 0 bridgehead atoms. The third kappa shape index (κ3) is 4.01. The fraction of sp³-hybridized carbons (Fsp3) is 0.143. The molecule has 29 heavy (non-hydrogen) atoms. The first-order chi connectivity index (χ1) is 14.1. The van der Waals surface area contributed by atoms with Gasteiger partial charge in [-0.15, -0.1) is 11.8 Å². The number of aromatic nitrogens is 4. The molecule has 0 fully saturated rings. The van der Waals surface area contributed by atoms with E-state index in [1.165, 1.54) is 0 Å². The number of thioether (sulfide) groups is 1. The lowest BCUT2D eigenvalue weighted by Gasteiger charge is -2.12. The molecule has 0 spiro atoms. The van der Waals surface area contributed by atoms with E-state index < -0.39 is 0 Å². The Morgan fingerprint density at radius 1 is 1.07 bits per heavy atom. The molecule has 2 heterocycles. The highest BCUT2D eigenvalue weighted by Gasteiger charge is 2.21. The van der Waals surface area contributed by atoms with Crippen LogP contribution in [0.5, 0.6) is 5.75 Å². The van der Waals surface area contributed by atoms with Gasteiger partial charge in [-0.25, -0.2) is 4.98 Å². The molecule has 0 aliphatic heterocycles. The van der Waals surface area contributed by atoms with E-state index >= 15 is 0 Å². The summed E-state index contributed by atoms with van der Waals surface area (Å²) >= 11 is 14.1. The second-order valence-electron chi connectivity index (χ2n) is 6.31. The summed E-state index contributed by atoms with van der Waals surface area (Å²) in [5, 5.41) is 6.80. The summed E-state index contributed by atoms with van der Waals surface area (Å²) in [5.41, 5.74) is 3.95. The molecule has 0 amide bonds. The van der Waals surface area contributed by atoms with Gasteiger partial charge in [-0.1, -0.05) is 41.4 Å². The van der Waals surface area contributed by atoms with Gasteiger partial charge in [0.2, 0.25) is 0 Å². The summed E-state index contributed by atoms with van der Waals surface area (Å²) in [5.74, 6) is 0.822. The van der Waals surface area contributed by atoms with Gasteiger partial charge in [-0.2, -0.15) is 5.10 Å². The fourth-order valence-electron chi connectivity index (χ4n) is 3.14. The number of methoxy groups -OCH3 is 1. The molecule has 0 aliphatic carbocycles. The first-order valence-electron chi connectivity index (χ1n) is 8.82. The third-order valence-electron chi connectivity index (χ3n) is 4.54. The zero-order chi connectivity index (χ0) is 20.4. The molecule has 0 atom stereocenters. The summed E-state index contributed by atoms with van der Waals surface area (Å²) in [6.45, 7) is 0.599. The minimum atomic E-state index is 0.503. The summed E-state index contributed by atoms with van der Waals surface area (Å²) in [6, 6.07) is 13.6. The van der Waals surface area contributed by atoms with Gasteiger partial charge in [0.05, 0.1) is 35.7 Å². The van der Waals surface area contributed by atoms with Gasteiger partial charge in [0.1, 0.15) is 16.5 Å². The minimum absolute atomic E-state index is 0.503. The van der Waals surface area contributed by atoms with Crippen LogP contribution in [0, 0.1) is 0 Å². The van der Waals surface area contributed by atoms with Crippen LogP contribution in [0.3, 0.4) is 0 Å². The summed E-state index contributed by atoms with van der Waals surface area (Å²) in [6.07, 6.45) is 7.45. The van der Waals surface area contributed by atoms with Crippen LogP contribution in [0.15, 0.2) is 66.2 Å². The number of imidazole rings is 1. The Hall–Kier alpha value is -2.41. The summed E-state index contributed by atoms with van der Waals surface area (Å²) < 4.78 is 9.23. The van der Waals surface area contributed by atoms with Crippen LogP contribution in [-0.4, -0.2) is 32.7 Å². The zero-order valence-corrected chi connectivity index (χ0v) is 18.2. The van der Waals surface area contributed by atoms with Crippen molar-refractivity contribution in [1.29, 1.82) is 0 Å². The molecule has 5 nitrogen and oxygen atoms in total. The van der Waals surface area contributed by atoms with Crippen LogP contribution in [0.1, 0.15) is 5.56 Å². The molecule has 2 aromatic carbocycles. The Morgan fingerprint density at radius 2 is 1.86 bits per heavy atom. The minimum Gasteiger partial charge on any atom is -0.497 e. The van der Waals surface area contributed by atoms with Gasteiger partial charge < -0.3 is 9.30 Å². The van der Waals surface area contributed by atoms with Crippen molar-refractivity contribution in [2.24, 2.45) is 0 Å². The SMILES string of the molecule is COc1ccc(Cn2nc(SC)c(-n3ccnc3)c2-c2ccc(Cl)c(Cl)c2)cc1. The smallest absolute Gasteiger partial charge is 0.143 e. The second kappa shape index (κ2) is 8.53. The molecule has 0 aliphatic rings. The number of rotatable bonds is 6. The maximum atomic E-state index is 6.33. The molecule has 0 radical (unpaired) electrons. The van der Waals surface area contributed by atoms with Crippen molar-refractivity contribution >= 4 is 35.0 Å². The highest BCUT2D eigenvalue weighted by molar-refractivity contribution is 7.98. The highest BCUT2D eigenvalue weighted by atomic mass is 35.5. The monoisotopic (exact) mass is 444 g/mol. The number of hydrogen-bond donors (Lipinski definition) is 0. The van der Waals surface area contributed by atoms with E-state index in [0.29, 0.717) is 16.6 Å². The van der Waals surface area contributed by atoms with Gasteiger partial charge in [0.25, 0.3) is 0 Å². The van der Waals surface area contributed by atoms with Crippen molar-refractivity contribution in [3.05, 3.63) is 76.8 Å². The number of nitrogens with zero attached hydrogens (tertiary/aromatic N) is 4. The molecular formula is C21H18Cl2N4OS. The van der Waals surface area contributed by atoms with Crippen molar-refractivity contribution in [1.82, 2.24) is 19.3 Å². The predicted molar refractivity (Wildman–Crippen MR) is 119 cm³/mol. The Balaban J connectivity index is 1.88. The average Bonchev–Trinajstić information content (AvgIpc) is 3.38. The molecule has 0 saturated heterocycles. The maximum Gasteiger partial charge on any atom is 0.143 e. The van der Waals surface area contributed by atoms with Gasteiger partial charge >= 0.3 is 0 Å². The average molecular weight is 445 g/mol. The van der Waals surface area contributed by atoms with Crippen molar-refractivity contribution in [2.75, 3.05) is 13.4 Å². The normalized spacial score (nSPS) is 11.0. The number of halogens is 2. The summed E-state index contributed by atoms with van der Waals surface area (Å²) in [7, 11) is 1.66. The van der Waals surface area contributed by atoms with E-state index in [1.54, 1.807) is 37.5 Å². The molecule has 0 N–H and O–H groups in total. The van der Waals surface area contributed by atoms with Crippen molar-refractivity contribution in [2.45, 2.75) is 11.6 Å². The molecule has 0 unspecified atom stereocenters. The lowest BCUT2D eigenvalue weighted by atomic mass is 10.1. The lowest BCUT2D eigenvalue weighted by molar-refractivity contribution is 0.414. The van der Waals surface area contributed by atoms with Crippen molar-refractivity contribution in [3.8, 4) is 22.7 Å². The number of hydrogen-bond acceptors (Lipinski definition) is 4. The third-order valence-corrected chi connectivity index (χ3v) is 5.94. The molecule has 2 aromatic heterocycles. The van der Waals surface area contributed by atoms with E-state index in [4.69, 9.17) is 33.0 Å². The topological polar surface area (TPSA) is 44.9 Å². The van der Waals surface area contributed by atoms with Crippen LogP contribution in [0.4, 0.5) is 0 Å². The highest BCUT2D eigenvalue weighted by Crippen LogP contribution is 2.37. The standard InChI is InChI=1S/C21H18Cl2N4OS/c1-28-16-6-3-14(4-7-16)12-27-19(15-5-8-17(22)18(23)11-15)20(21(25-27)29-2)26-10-9-24-13-26/h3-11,13H,12H2,1-2H3. The van der Waals surface area contributed by atoms with Gasteiger partial charge in [-0.05, 0) is 36.1 Å². The van der Waals surface area contributed by atoms with E-state index in [0.717, 1.165) is 33.3 Å². The Kier molecular flexibility index (Phi) is 5.85. The number of ether oxygens (including phenoxy) is 1. The number of benzene rings is 2. The van der Waals surface area contributed by atoms with Gasteiger partial charge in [0.15, 0.2) is 0 Å². The zero-order valence-electron chi connectivity index (χ0n) is 15.8. The molecular weight excluding hydrogens is 427 g/mol. The molecule has 4 aromatic rings. The molecule has 8 heteroatoms. The second-order valence-corrected chi connectivity index (χ2v) is 7.92. The lowest BCUT2D eigenvalue weighted by Crippen LogP contribution is -2.05. The molecule has 4 rings (SSSR count). The summed E-state index contributed by atoms with van der Waals surface area (Å²) in [4.78, 5) is 4.21. The first kappa shape index (κ1) is 19.9. The Labute approximate surface area is 183 Å². The molecule has 0 saturated carbocycles. The fourth-order valence-corrected chi connectivity index (χ4v) is 4.01. The van der Waals surface area contributed by atoms with E-state index in [-0.39, 0.29) is 0 Å². The van der Waals surface area contributed by atoms with Crippen LogP contribution < -0.4 is 4.74 Å². The predicted octanol–water partition coefficient (Wildman–Crippen LogP) is 5.82. The van der Waals surface area contributed by atoms with Crippen LogP contribution in [-0.2, 0) is 6.54 Å². The van der Waals surface area contributed by atoms with Crippen LogP contribution in [0.2, 0.25) is 10.0 Å². The van der Waals surface area contributed by atoms with Gasteiger partial charge in [0, 0.05) is 18.0 Å². The van der Waals surface area contributed by atoms with E-state index in [1.807, 2.05) is 58.1 Å². The van der Waals surface area contributed by atoms with E-state index in [9.17, 15) is 0 Å². The van der Waals surface area contributed by atoms with Crippen molar-refractivity contribution in [3.63, 3.8) is 0 Å². The quantitative estimate of drug-likeness (QED) is 0.351.